The van der Waals surface area contributed by atoms with Gasteiger partial charge in [-0.2, -0.15) is 0 Å². The quantitative estimate of drug-likeness (QED) is 0.582. The van der Waals surface area contributed by atoms with Gasteiger partial charge in [0.1, 0.15) is 11.5 Å². The number of carbonyl (C=O) groups is 1. The van der Waals surface area contributed by atoms with Gasteiger partial charge >= 0.3 is 0 Å². The number of rotatable bonds is 9. The molecule has 5 heteroatoms. The Balaban J connectivity index is 2.13. The molecule has 1 amide bonds. The Morgan fingerprint density at radius 2 is 1.75 bits per heavy atom. The van der Waals surface area contributed by atoms with E-state index in [1.54, 1.807) is 19.2 Å². The third-order valence-electron chi connectivity index (χ3n) is 4.61. The van der Waals surface area contributed by atoms with Gasteiger partial charge in [-0.1, -0.05) is 44.5 Å². The minimum Gasteiger partial charge on any atom is -0.497 e. The zero-order valence-electron chi connectivity index (χ0n) is 17.3. The average Bonchev–Trinajstić information content (AvgIpc) is 2.67. The molecule has 0 spiro atoms. The molecule has 0 aromatic heterocycles. The molecule has 0 bridgehead atoms. The summed E-state index contributed by atoms with van der Waals surface area (Å²) in [4.78, 5) is 12.9. The summed E-state index contributed by atoms with van der Waals surface area (Å²) < 4.78 is 11.2. The van der Waals surface area contributed by atoms with Gasteiger partial charge in [0, 0.05) is 5.02 Å². The van der Waals surface area contributed by atoms with Gasteiger partial charge < -0.3 is 14.8 Å². The van der Waals surface area contributed by atoms with Crippen molar-refractivity contribution in [3.63, 3.8) is 0 Å². The van der Waals surface area contributed by atoms with Crippen molar-refractivity contribution in [3.05, 3.63) is 58.6 Å². The molecule has 28 heavy (non-hydrogen) atoms. The molecule has 152 valence electrons. The van der Waals surface area contributed by atoms with Crippen LogP contribution in [0.4, 0.5) is 0 Å². The maximum atomic E-state index is 12.9. The Morgan fingerprint density at radius 3 is 2.29 bits per heavy atom. The number of methoxy groups -OCH3 is 1. The summed E-state index contributed by atoms with van der Waals surface area (Å²) in [5.74, 6) is 1.77. The van der Waals surface area contributed by atoms with E-state index in [1.165, 1.54) is 0 Å². The Hall–Kier alpha value is -2.20. The van der Waals surface area contributed by atoms with Gasteiger partial charge in [0.05, 0.1) is 13.2 Å². The Morgan fingerprint density at radius 1 is 1.11 bits per heavy atom. The van der Waals surface area contributed by atoms with Crippen LogP contribution >= 0.6 is 11.6 Å². The molecule has 0 saturated heterocycles. The summed E-state index contributed by atoms with van der Waals surface area (Å²) in [6.07, 6.45) is 0.854. The van der Waals surface area contributed by atoms with Crippen molar-refractivity contribution in [1.29, 1.82) is 0 Å². The SMILES string of the molecule is CC[C@@H](Oc1ccc(Cl)c(C)c1)C(=O)N[C@H](CC(C)C)c1ccc(OC)cc1. The topological polar surface area (TPSA) is 47.6 Å². The molecular formula is C23H30ClNO3. The van der Waals surface area contributed by atoms with E-state index >= 15 is 0 Å². The lowest BCUT2D eigenvalue weighted by Gasteiger charge is -2.25. The smallest absolute Gasteiger partial charge is 0.261 e. The molecular weight excluding hydrogens is 374 g/mol. The van der Waals surface area contributed by atoms with Crippen LogP contribution in [0.3, 0.4) is 0 Å². The molecule has 0 aliphatic rings. The normalized spacial score (nSPS) is 13.1. The highest BCUT2D eigenvalue weighted by atomic mass is 35.5. The first-order valence-electron chi connectivity index (χ1n) is 9.71. The Labute approximate surface area is 173 Å². The van der Waals surface area contributed by atoms with E-state index < -0.39 is 6.10 Å². The van der Waals surface area contributed by atoms with E-state index in [-0.39, 0.29) is 11.9 Å². The zero-order valence-corrected chi connectivity index (χ0v) is 18.0. The molecule has 0 unspecified atom stereocenters. The van der Waals surface area contributed by atoms with E-state index in [0.29, 0.717) is 23.1 Å². The molecule has 2 aromatic carbocycles. The lowest BCUT2D eigenvalue weighted by atomic mass is 9.96. The zero-order chi connectivity index (χ0) is 20.7. The predicted molar refractivity (Wildman–Crippen MR) is 114 cm³/mol. The van der Waals surface area contributed by atoms with Crippen molar-refractivity contribution in [2.24, 2.45) is 5.92 Å². The highest BCUT2D eigenvalue weighted by Gasteiger charge is 2.23. The molecule has 2 rings (SSSR count). The number of hydrogen-bond donors (Lipinski definition) is 1. The van der Waals surface area contributed by atoms with E-state index in [4.69, 9.17) is 21.1 Å². The molecule has 2 aromatic rings. The summed E-state index contributed by atoms with van der Waals surface area (Å²) in [7, 11) is 1.64. The van der Waals surface area contributed by atoms with Crippen molar-refractivity contribution in [2.75, 3.05) is 7.11 Å². The third kappa shape index (κ3) is 6.16. The fraction of sp³-hybridized carbons (Fsp3) is 0.435. The van der Waals surface area contributed by atoms with Crippen LogP contribution in [-0.2, 0) is 4.79 Å². The van der Waals surface area contributed by atoms with Crippen LogP contribution in [0, 0.1) is 12.8 Å². The van der Waals surface area contributed by atoms with Crippen molar-refractivity contribution in [1.82, 2.24) is 5.32 Å². The molecule has 0 heterocycles. The second kappa shape index (κ2) is 10.4. The summed E-state index contributed by atoms with van der Waals surface area (Å²) >= 11 is 6.08. The summed E-state index contributed by atoms with van der Waals surface area (Å²) in [5.41, 5.74) is 1.98. The van der Waals surface area contributed by atoms with E-state index in [0.717, 1.165) is 23.3 Å². The number of ether oxygens (including phenoxy) is 2. The standard InChI is InChI=1S/C23H30ClNO3/c1-6-22(28-19-11-12-20(24)16(4)14-19)23(26)25-21(13-15(2)3)17-7-9-18(27-5)10-8-17/h7-12,14-15,21-22H,6,13H2,1-5H3,(H,25,26)/t21-,22-/m1/s1. The fourth-order valence-corrected chi connectivity index (χ4v) is 3.15. The second-order valence-corrected chi connectivity index (χ2v) is 7.80. The van der Waals surface area contributed by atoms with Crippen molar-refractivity contribution >= 4 is 17.5 Å². The average molecular weight is 404 g/mol. The second-order valence-electron chi connectivity index (χ2n) is 7.39. The first-order valence-corrected chi connectivity index (χ1v) is 10.1. The van der Waals surface area contributed by atoms with Crippen LogP contribution in [0.5, 0.6) is 11.5 Å². The number of nitrogens with one attached hydrogen (secondary N) is 1. The van der Waals surface area contributed by atoms with Gasteiger partial charge in [-0.3, -0.25) is 4.79 Å². The van der Waals surface area contributed by atoms with E-state index in [9.17, 15) is 4.79 Å². The number of aryl methyl sites for hydroxylation is 1. The number of carbonyl (C=O) groups excluding carboxylic acids is 1. The highest BCUT2D eigenvalue weighted by Crippen LogP contribution is 2.25. The van der Waals surface area contributed by atoms with Crippen molar-refractivity contribution in [2.45, 2.75) is 52.7 Å². The van der Waals surface area contributed by atoms with E-state index in [2.05, 4.69) is 19.2 Å². The largest absolute Gasteiger partial charge is 0.497 e. The Bertz CT molecular complexity index is 774. The summed E-state index contributed by atoms with van der Waals surface area (Å²) in [6.45, 7) is 8.15. The van der Waals surface area contributed by atoms with Crippen LogP contribution in [0.1, 0.15) is 50.8 Å². The fourth-order valence-electron chi connectivity index (χ4n) is 3.03. The van der Waals surface area contributed by atoms with Crippen LogP contribution in [0.25, 0.3) is 0 Å². The third-order valence-corrected chi connectivity index (χ3v) is 5.04. The first-order chi connectivity index (χ1) is 13.3. The van der Waals surface area contributed by atoms with Crippen LogP contribution in [-0.4, -0.2) is 19.1 Å². The Kier molecular flexibility index (Phi) is 8.18. The number of halogens is 1. The van der Waals surface area contributed by atoms with Crippen molar-refractivity contribution in [3.8, 4) is 11.5 Å². The minimum atomic E-state index is -0.562. The van der Waals surface area contributed by atoms with Gasteiger partial charge in [-0.05, 0) is 67.1 Å². The van der Waals surface area contributed by atoms with E-state index in [1.807, 2.05) is 44.2 Å². The maximum Gasteiger partial charge on any atom is 0.261 e. The molecule has 0 radical (unpaired) electrons. The maximum absolute atomic E-state index is 12.9. The molecule has 0 fully saturated rings. The molecule has 0 aliphatic carbocycles. The van der Waals surface area contributed by atoms with Gasteiger partial charge in [0.2, 0.25) is 0 Å². The molecule has 2 atom stereocenters. The van der Waals surface area contributed by atoms with Gasteiger partial charge in [-0.15, -0.1) is 0 Å². The lowest BCUT2D eigenvalue weighted by molar-refractivity contribution is -0.129. The summed E-state index contributed by atoms with van der Waals surface area (Å²) in [5, 5.41) is 3.85. The molecule has 1 N–H and O–H groups in total. The number of amides is 1. The lowest BCUT2D eigenvalue weighted by Crippen LogP contribution is -2.40. The van der Waals surface area contributed by atoms with Gasteiger partial charge in [0.25, 0.3) is 5.91 Å². The highest BCUT2D eigenvalue weighted by molar-refractivity contribution is 6.31. The summed E-state index contributed by atoms with van der Waals surface area (Å²) in [6, 6.07) is 13.2. The van der Waals surface area contributed by atoms with Gasteiger partial charge in [-0.25, -0.2) is 0 Å². The first kappa shape index (κ1) is 22.1. The van der Waals surface area contributed by atoms with Crippen LogP contribution in [0.15, 0.2) is 42.5 Å². The van der Waals surface area contributed by atoms with Crippen LogP contribution < -0.4 is 14.8 Å². The molecule has 0 aliphatic heterocycles. The number of hydrogen-bond acceptors (Lipinski definition) is 3. The monoisotopic (exact) mass is 403 g/mol. The van der Waals surface area contributed by atoms with Crippen LogP contribution in [0.2, 0.25) is 5.02 Å². The minimum absolute atomic E-state index is 0.0805. The van der Waals surface area contributed by atoms with Gasteiger partial charge in [0.15, 0.2) is 6.10 Å². The van der Waals surface area contributed by atoms with Crippen molar-refractivity contribution < 1.29 is 14.3 Å². The number of benzene rings is 2. The molecule has 0 saturated carbocycles. The molecule has 4 nitrogen and oxygen atoms in total. The predicted octanol–water partition coefficient (Wildman–Crippen LogP) is 5.72.